The van der Waals surface area contributed by atoms with Crippen molar-refractivity contribution in [3.05, 3.63) is 52.6 Å². The molecule has 1 saturated carbocycles. The Bertz CT molecular complexity index is 1030. The van der Waals surface area contributed by atoms with E-state index in [1.165, 1.54) is 6.33 Å². The van der Waals surface area contributed by atoms with Crippen LogP contribution in [0, 0.1) is 0 Å². The molecule has 2 aromatic rings. The minimum Gasteiger partial charge on any atom is -0.351 e. The monoisotopic (exact) mass is 457 g/mol. The zero-order chi connectivity index (χ0) is 22.9. The van der Waals surface area contributed by atoms with Gasteiger partial charge in [0.2, 0.25) is 5.91 Å². The van der Waals surface area contributed by atoms with Crippen molar-refractivity contribution in [2.75, 3.05) is 6.54 Å². The smallest absolute Gasteiger partial charge is 0.273 e. The molecule has 170 valence electrons. The zero-order valence-corrected chi connectivity index (χ0v) is 19.1. The number of imidazole rings is 1. The molecule has 2 N–H and O–H groups in total. The normalized spacial score (nSPS) is 20.8. The predicted octanol–water partition coefficient (Wildman–Crippen LogP) is 2.76. The van der Waals surface area contributed by atoms with Gasteiger partial charge in [0.15, 0.2) is 5.69 Å². The predicted molar refractivity (Wildman–Crippen MR) is 120 cm³/mol. The van der Waals surface area contributed by atoms with Crippen molar-refractivity contribution in [2.45, 2.75) is 64.2 Å². The third-order valence-corrected chi connectivity index (χ3v) is 6.69. The van der Waals surface area contributed by atoms with Crippen LogP contribution in [0.1, 0.15) is 66.1 Å². The van der Waals surface area contributed by atoms with Crippen molar-refractivity contribution in [1.29, 1.82) is 0 Å². The molecule has 1 unspecified atom stereocenters. The number of halogens is 1. The molecule has 1 fully saturated rings. The van der Waals surface area contributed by atoms with Crippen LogP contribution in [0.25, 0.3) is 0 Å². The van der Waals surface area contributed by atoms with Gasteiger partial charge >= 0.3 is 0 Å². The maximum absolute atomic E-state index is 13.4. The summed E-state index contributed by atoms with van der Waals surface area (Å²) < 4.78 is 1.62. The second kappa shape index (κ2) is 8.94. The number of carbonyl (C=O) groups excluding carboxylic acids is 3. The molecule has 0 saturated heterocycles. The molecule has 1 aromatic heterocycles. The Hall–Kier alpha value is -2.87. The summed E-state index contributed by atoms with van der Waals surface area (Å²) >= 11 is 5.90. The van der Waals surface area contributed by atoms with Gasteiger partial charge in [-0.05, 0) is 44.4 Å². The first kappa shape index (κ1) is 22.3. The summed E-state index contributed by atoms with van der Waals surface area (Å²) in [6.07, 6.45) is 5.63. The Morgan fingerprint density at radius 2 is 1.91 bits per heavy atom. The van der Waals surface area contributed by atoms with Gasteiger partial charge in [-0.3, -0.25) is 14.4 Å². The molecule has 2 heterocycles. The highest BCUT2D eigenvalue weighted by Crippen LogP contribution is 2.29. The standard InChI is InChI=1S/C23H28ClN5O3/c1-3-29-21(31)19-18(20(30)25-12-15-8-10-16(24)11-9-15)26-14-28(19)13-23(29,2)22(32)27-17-6-4-5-7-17/h8-11,14,17H,3-7,12-13H2,1-2H3,(H,25,30)(H,27,32). The summed E-state index contributed by atoms with van der Waals surface area (Å²) in [5.41, 5.74) is 0.125. The molecule has 0 spiro atoms. The van der Waals surface area contributed by atoms with E-state index in [0.717, 1.165) is 31.2 Å². The number of rotatable bonds is 6. The Morgan fingerprint density at radius 3 is 2.56 bits per heavy atom. The number of likely N-dealkylation sites (N-methyl/N-ethyl adjacent to an activating group) is 1. The lowest BCUT2D eigenvalue weighted by molar-refractivity contribution is -0.133. The van der Waals surface area contributed by atoms with Crippen molar-refractivity contribution in [3.8, 4) is 0 Å². The van der Waals surface area contributed by atoms with E-state index in [-0.39, 0.29) is 42.3 Å². The lowest BCUT2D eigenvalue weighted by atomic mass is 9.94. The van der Waals surface area contributed by atoms with Crippen LogP contribution in [-0.2, 0) is 17.9 Å². The molecule has 4 rings (SSSR count). The molecule has 2 aliphatic rings. The highest BCUT2D eigenvalue weighted by atomic mass is 35.5. The number of fused-ring (bicyclic) bond motifs is 1. The van der Waals surface area contributed by atoms with Crippen LogP contribution in [0.4, 0.5) is 0 Å². The fraction of sp³-hybridized carbons (Fsp3) is 0.478. The summed E-state index contributed by atoms with van der Waals surface area (Å²) in [5.74, 6) is -0.957. The summed E-state index contributed by atoms with van der Waals surface area (Å²) in [6.45, 7) is 4.51. The molecule has 32 heavy (non-hydrogen) atoms. The minimum atomic E-state index is -1.04. The first-order chi connectivity index (χ1) is 15.3. The van der Waals surface area contributed by atoms with E-state index >= 15 is 0 Å². The first-order valence-corrected chi connectivity index (χ1v) is 11.4. The van der Waals surface area contributed by atoms with Crippen LogP contribution >= 0.6 is 11.6 Å². The Morgan fingerprint density at radius 1 is 1.22 bits per heavy atom. The first-order valence-electron chi connectivity index (χ1n) is 11.0. The van der Waals surface area contributed by atoms with E-state index in [0.29, 0.717) is 11.6 Å². The van der Waals surface area contributed by atoms with Crippen LogP contribution in [0.2, 0.25) is 5.02 Å². The molecule has 9 heteroatoms. The van der Waals surface area contributed by atoms with Gasteiger partial charge < -0.3 is 20.1 Å². The summed E-state index contributed by atoms with van der Waals surface area (Å²) in [6, 6.07) is 7.31. The van der Waals surface area contributed by atoms with Gasteiger partial charge in [-0.2, -0.15) is 0 Å². The second-order valence-corrected chi connectivity index (χ2v) is 9.09. The third-order valence-electron chi connectivity index (χ3n) is 6.44. The fourth-order valence-corrected chi connectivity index (χ4v) is 4.75. The van der Waals surface area contributed by atoms with E-state index in [1.54, 1.807) is 28.5 Å². The molecular formula is C23H28ClN5O3. The number of hydrogen-bond donors (Lipinski definition) is 2. The average Bonchev–Trinajstić information content (AvgIpc) is 3.43. The maximum atomic E-state index is 13.4. The van der Waals surface area contributed by atoms with E-state index in [9.17, 15) is 14.4 Å². The Kier molecular flexibility index (Phi) is 6.24. The molecule has 1 aliphatic carbocycles. The Balaban J connectivity index is 1.53. The highest BCUT2D eigenvalue weighted by Gasteiger charge is 2.48. The van der Waals surface area contributed by atoms with Crippen molar-refractivity contribution in [2.24, 2.45) is 0 Å². The van der Waals surface area contributed by atoms with Gasteiger partial charge in [0.05, 0.1) is 12.9 Å². The highest BCUT2D eigenvalue weighted by molar-refractivity contribution is 6.30. The molecule has 3 amide bonds. The van der Waals surface area contributed by atoms with Gasteiger partial charge in [-0.25, -0.2) is 4.98 Å². The third kappa shape index (κ3) is 4.11. The van der Waals surface area contributed by atoms with E-state index in [4.69, 9.17) is 11.6 Å². The van der Waals surface area contributed by atoms with Crippen LogP contribution in [0.5, 0.6) is 0 Å². The molecule has 1 aromatic carbocycles. The molecule has 8 nitrogen and oxygen atoms in total. The van der Waals surface area contributed by atoms with Crippen LogP contribution in [0.3, 0.4) is 0 Å². The molecule has 0 bridgehead atoms. The fourth-order valence-electron chi connectivity index (χ4n) is 4.63. The van der Waals surface area contributed by atoms with Gasteiger partial charge in [0.25, 0.3) is 11.8 Å². The van der Waals surface area contributed by atoms with E-state index < -0.39 is 11.4 Å². The van der Waals surface area contributed by atoms with Crippen molar-refractivity contribution in [1.82, 2.24) is 25.1 Å². The second-order valence-electron chi connectivity index (χ2n) is 8.66. The maximum Gasteiger partial charge on any atom is 0.273 e. The SMILES string of the molecule is CCN1C(=O)c2c(C(=O)NCc3ccc(Cl)cc3)ncn2CC1(C)C(=O)NC1CCCC1. The van der Waals surface area contributed by atoms with Crippen molar-refractivity contribution >= 4 is 29.3 Å². The molecular weight excluding hydrogens is 430 g/mol. The average molecular weight is 458 g/mol. The lowest BCUT2D eigenvalue weighted by Gasteiger charge is -2.43. The van der Waals surface area contributed by atoms with Crippen LogP contribution < -0.4 is 10.6 Å². The quantitative estimate of drug-likeness (QED) is 0.697. The number of nitrogens with zero attached hydrogens (tertiary/aromatic N) is 3. The topological polar surface area (TPSA) is 96.3 Å². The van der Waals surface area contributed by atoms with E-state index in [1.807, 2.05) is 19.1 Å². The zero-order valence-electron chi connectivity index (χ0n) is 18.4. The van der Waals surface area contributed by atoms with Crippen molar-refractivity contribution < 1.29 is 14.4 Å². The van der Waals surface area contributed by atoms with Gasteiger partial charge in [0.1, 0.15) is 11.2 Å². The number of amides is 3. The number of aromatic nitrogens is 2. The number of hydrogen-bond acceptors (Lipinski definition) is 4. The lowest BCUT2D eigenvalue weighted by Crippen LogP contribution is -2.64. The largest absolute Gasteiger partial charge is 0.351 e. The number of benzene rings is 1. The van der Waals surface area contributed by atoms with Gasteiger partial charge in [-0.1, -0.05) is 36.6 Å². The number of carbonyl (C=O) groups is 3. The van der Waals surface area contributed by atoms with Crippen LogP contribution in [0.15, 0.2) is 30.6 Å². The Labute approximate surface area is 192 Å². The van der Waals surface area contributed by atoms with Gasteiger partial charge in [-0.15, -0.1) is 0 Å². The van der Waals surface area contributed by atoms with Crippen LogP contribution in [-0.4, -0.2) is 50.3 Å². The number of nitrogens with one attached hydrogen (secondary N) is 2. The van der Waals surface area contributed by atoms with Gasteiger partial charge in [0, 0.05) is 24.2 Å². The molecule has 1 aliphatic heterocycles. The summed E-state index contributed by atoms with van der Waals surface area (Å²) in [5, 5.41) is 6.55. The van der Waals surface area contributed by atoms with Crippen molar-refractivity contribution in [3.63, 3.8) is 0 Å². The summed E-state index contributed by atoms with van der Waals surface area (Å²) in [4.78, 5) is 45.2. The summed E-state index contributed by atoms with van der Waals surface area (Å²) in [7, 11) is 0. The van der Waals surface area contributed by atoms with E-state index in [2.05, 4.69) is 15.6 Å². The molecule has 1 atom stereocenters. The minimum absolute atomic E-state index is 0.0701. The molecule has 0 radical (unpaired) electrons.